The quantitative estimate of drug-likeness (QED) is 0.833. The fraction of sp³-hybridized carbons (Fsp3) is 0.800. The minimum absolute atomic E-state index is 0.124. The molecule has 7 heteroatoms. The lowest BCUT2D eigenvalue weighted by atomic mass is 10.0. The highest BCUT2D eigenvalue weighted by Crippen LogP contribution is 2.23. The maximum Gasteiger partial charge on any atom is 0.273 e. The summed E-state index contributed by atoms with van der Waals surface area (Å²) in [6.07, 6.45) is 2.62. The molecule has 1 aromatic rings. The van der Waals surface area contributed by atoms with Gasteiger partial charge in [-0.05, 0) is 19.3 Å². The molecule has 17 heavy (non-hydrogen) atoms. The summed E-state index contributed by atoms with van der Waals surface area (Å²) in [5, 5.41) is 12.7. The Morgan fingerprint density at radius 1 is 1.24 bits per heavy atom. The Hall–Kier alpha value is -0.950. The number of rotatable bonds is 6. The van der Waals surface area contributed by atoms with Crippen LogP contribution >= 0.6 is 0 Å². The van der Waals surface area contributed by atoms with E-state index < -0.39 is 10.0 Å². The van der Waals surface area contributed by atoms with Crippen LogP contribution in [0.4, 0.5) is 0 Å². The van der Waals surface area contributed by atoms with Gasteiger partial charge in [-0.1, -0.05) is 20.8 Å². The summed E-state index contributed by atoms with van der Waals surface area (Å²) in [6.45, 7) is 6.65. The van der Waals surface area contributed by atoms with Crippen molar-refractivity contribution in [3.63, 3.8) is 0 Å². The SMILES string of the molecule is CCCn1c(C(CC)CC)nnc1S(N)(=O)=O. The van der Waals surface area contributed by atoms with E-state index in [1.807, 2.05) is 6.92 Å². The first-order valence-electron chi connectivity index (χ1n) is 5.91. The van der Waals surface area contributed by atoms with Crippen LogP contribution < -0.4 is 5.14 Å². The molecule has 0 saturated heterocycles. The van der Waals surface area contributed by atoms with Crippen molar-refractivity contribution in [3.8, 4) is 0 Å². The average molecular weight is 260 g/mol. The number of nitrogens with zero attached hydrogens (tertiary/aromatic N) is 3. The molecule has 6 nitrogen and oxygen atoms in total. The van der Waals surface area contributed by atoms with Crippen molar-refractivity contribution < 1.29 is 8.42 Å². The molecule has 2 N–H and O–H groups in total. The number of aromatic nitrogens is 3. The van der Waals surface area contributed by atoms with Crippen LogP contribution in [0.1, 0.15) is 51.8 Å². The fourth-order valence-corrected chi connectivity index (χ4v) is 2.55. The maximum absolute atomic E-state index is 11.4. The molecule has 0 aliphatic carbocycles. The topological polar surface area (TPSA) is 90.9 Å². The van der Waals surface area contributed by atoms with Crippen LogP contribution in [-0.4, -0.2) is 23.2 Å². The van der Waals surface area contributed by atoms with Gasteiger partial charge in [-0.2, -0.15) is 0 Å². The number of primary sulfonamides is 1. The van der Waals surface area contributed by atoms with Gasteiger partial charge in [-0.25, -0.2) is 13.6 Å². The molecule has 0 fully saturated rings. The van der Waals surface area contributed by atoms with E-state index in [1.54, 1.807) is 4.57 Å². The van der Waals surface area contributed by atoms with Crippen LogP contribution in [0.5, 0.6) is 0 Å². The summed E-state index contributed by atoms with van der Waals surface area (Å²) in [5.41, 5.74) is 0. The van der Waals surface area contributed by atoms with E-state index >= 15 is 0 Å². The zero-order chi connectivity index (χ0) is 13.1. The standard InChI is InChI=1S/C10H20N4O2S/c1-4-7-14-9(8(5-2)6-3)12-13-10(14)17(11,15)16/h8H,4-7H2,1-3H3,(H2,11,15,16). The zero-order valence-corrected chi connectivity index (χ0v) is 11.4. The van der Waals surface area contributed by atoms with Crippen LogP contribution in [0.3, 0.4) is 0 Å². The minimum Gasteiger partial charge on any atom is -0.301 e. The summed E-state index contributed by atoms with van der Waals surface area (Å²) >= 11 is 0. The van der Waals surface area contributed by atoms with Crippen LogP contribution in [0.15, 0.2) is 5.16 Å². The largest absolute Gasteiger partial charge is 0.301 e. The summed E-state index contributed by atoms with van der Waals surface area (Å²) < 4.78 is 24.4. The molecule has 1 rings (SSSR count). The predicted molar refractivity (Wildman–Crippen MR) is 65.0 cm³/mol. The first-order chi connectivity index (χ1) is 7.95. The van der Waals surface area contributed by atoms with Gasteiger partial charge in [-0.3, -0.25) is 0 Å². The molecule has 0 aromatic carbocycles. The monoisotopic (exact) mass is 260 g/mol. The lowest BCUT2D eigenvalue weighted by Gasteiger charge is -2.14. The van der Waals surface area contributed by atoms with Gasteiger partial charge in [0.05, 0.1) is 0 Å². The van der Waals surface area contributed by atoms with Gasteiger partial charge in [-0.15, -0.1) is 10.2 Å². The molecule has 0 atom stereocenters. The van der Waals surface area contributed by atoms with Gasteiger partial charge in [0.2, 0.25) is 0 Å². The van der Waals surface area contributed by atoms with Crippen LogP contribution in [-0.2, 0) is 16.6 Å². The molecule has 1 aromatic heterocycles. The lowest BCUT2D eigenvalue weighted by Crippen LogP contribution is -2.20. The third-order valence-corrected chi connectivity index (χ3v) is 3.61. The molecule has 1 heterocycles. The molecule has 0 bridgehead atoms. The van der Waals surface area contributed by atoms with Crippen LogP contribution in [0, 0.1) is 0 Å². The van der Waals surface area contributed by atoms with Crippen molar-refractivity contribution in [2.45, 2.75) is 57.7 Å². The Morgan fingerprint density at radius 2 is 1.82 bits per heavy atom. The Balaban J connectivity index is 3.28. The second kappa shape index (κ2) is 5.59. The molecule has 0 unspecified atom stereocenters. The highest BCUT2D eigenvalue weighted by atomic mass is 32.2. The molecule has 0 spiro atoms. The highest BCUT2D eigenvalue weighted by molar-refractivity contribution is 7.89. The maximum atomic E-state index is 11.4. The highest BCUT2D eigenvalue weighted by Gasteiger charge is 2.23. The van der Waals surface area contributed by atoms with Gasteiger partial charge in [0.15, 0.2) is 0 Å². The van der Waals surface area contributed by atoms with E-state index in [0.29, 0.717) is 6.54 Å². The van der Waals surface area contributed by atoms with E-state index in [9.17, 15) is 8.42 Å². The molecule has 0 saturated carbocycles. The Bertz CT molecular complexity index is 463. The Morgan fingerprint density at radius 3 is 2.24 bits per heavy atom. The molecule has 0 aliphatic rings. The third-order valence-electron chi connectivity index (χ3n) is 2.80. The molecular formula is C10H20N4O2S. The van der Waals surface area contributed by atoms with Crippen molar-refractivity contribution in [2.24, 2.45) is 5.14 Å². The van der Waals surface area contributed by atoms with Crippen molar-refractivity contribution in [2.75, 3.05) is 0 Å². The number of hydrogen-bond donors (Lipinski definition) is 1. The van der Waals surface area contributed by atoms with Crippen LogP contribution in [0.25, 0.3) is 0 Å². The van der Waals surface area contributed by atoms with Crippen molar-refractivity contribution >= 4 is 10.0 Å². The Labute approximate surface area is 102 Å². The summed E-state index contributed by atoms with van der Waals surface area (Å²) in [4.78, 5) is 0. The predicted octanol–water partition coefficient (Wildman–Crippen LogP) is 1.24. The fourth-order valence-electron chi connectivity index (χ4n) is 1.90. The smallest absolute Gasteiger partial charge is 0.273 e. The number of nitrogens with two attached hydrogens (primary N) is 1. The van der Waals surface area contributed by atoms with Gasteiger partial charge in [0, 0.05) is 12.5 Å². The second-order valence-corrected chi connectivity index (χ2v) is 5.51. The summed E-state index contributed by atoms with van der Waals surface area (Å²) in [6, 6.07) is 0. The summed E-state index contributed by atoms with van der Waals surface area (Å²) in [7, 11) is -3.80. The molecular weight excluding hydrogens is 240 g/mol. The van der Waals surface area contributed by atoms with Gasteiger partial charge in [0.1, 0.15) is 5.82 Å². The second-order valence-electron chi connectivity index (χ2n) is 4.05. The van der Waals surface area contributed by atoms with Crippen molar-refractivity contribution in [1.82, 2.24) is 14.8 Å². The van der Waals surface area contributed by atoms with Gasteiger partial charge < -0.3 is 4.57 Å². The summed E-state index contributed by atoms with van der Waals surface area (Å²) in [5.74, 6) is 0.949. The molecule has 0 radical (unpaired) electrons. The average Bonchev–Trinajstić information content (AvgIpc) is 2.64. The molecule has 98 valence electrons. The van der Waals surface area contributed by atoms with Crippen molar-refractivity contribution in [3.05, 3.63) is 5.82 Å². The zero-order valence-electron chi connectivity index (χ0n) is 10.5. The third kappa shape index (κ3) is 3.04. The van der Waals surface area contributed by atoms with E-state index in [4.69, 9.17) is 5.14 Å². The number of sulfonamides is 1. The van der Waals surface area contributed by atoms with E-state index in [-0.39, 0.29) is 11.1 Å². The first kappa shape index (κ1) is 14.1. The number of hydrogen-bond acceptors (Lipinski definition) is 4. The lowest BCUT2D eigenvalue weighted by molar-refractivity contribution is 0.510. The van der Waals surface area contributed by atoms with Gasteiger partial charge in [0.25, 0.3) is 15.2 Å². The van der Waals surface area contributed by atoms with E-state index in [1.165, 1.54) is 0 Å². The van der Waals surface area contributed by atoms with E-state index in [2.05, 4.69) is 24.0 Å². The molecule has 0 aliphatic heterocycles. The van der Waals surface area contributed by atoms with E-state index in [0.717, 1.165) is 25.1 Å². The Kier molecular flexibility index (Phi) is 4.64. The minimum atomic E-state index is -3.80. The van der Waals surface area contributed by atoms with Crippen LogP contribution in [0.2, 0.25) is 0 Å². The van der Waals surface area contributed by atoms with Crippen molar-refractivity contribution in [1.29, 1.82) is 0 Å². The van der Waals surface area contributed by atoms with Gasteiger partial charge >= 0.3 is 0 Å². The normalized spacial score (nSPS) is 12.3. The first-order valence-corrected chi connectivity index (χ1v) is 7.46. The molecule has 0 amide bonds.